The van der Waals surface area contributed by atoms with E-state index in [2.05, 4.69) is 32.9 Å². The molecule has 2 nitrogen and oxygen atoms in total. The van der Waals surface area contributed by atoms with Gasteiger partial charge in [0.1, 0.15) is 0 Å². The van der Waals surface area contributed by atoms with Crippen LogP contribution in [0.15, 0.2) is 23.3 Å². The van der Waals surface area contributed by atoms with Crippen molar-refractivity contribution < 1.29 is 9.53 Å². The number of rotatable bonds is 4. The Kier molecular flexibility index (Phi) is 5.46. The summed E-state index contributed by atoms with van der Waals surface area (Å²) in [7, 11) is 1.48. The average Bonchev–Trinajstić information content (AvgIpc) is 2.30. The summed E-state index contributed by atoms with van der Waals surface area (Å²) in [5, 5.41) is 0. The molecule has 0 saturated heterocycles. The van der Waals surface area contributed by atoms with E-state index in [1.54, 1.807) is 0 Å². The quantitative estimate of drug-likeness (QED) is 0.547. The van der Waals surface area contributed by atoms with Gasteiger partial charge in [0.05, 0.1) is 13.0 Å². The van der Waals surface area contributed by atoms with E-state index in [4.69, 9.17) is 4.74 Å². The fourth-order valence-electron chi connectivity index (χ4n) is 2.30. The molecule has 0 aromatic carbocycles. The van der Waals surface area contributed by atoms with E-state index >= 15 is 0 Å². The number of allylic oxidation sites excluding steroid dienone is 4. The Morgan fingerprint density at radius 3 is 2.82 bits per heavy atom. The Labute approximate surface area is 105 Å². The van der Waals surface area contributed by atoms with Crippen LogP contribution in [-0.4, -0.2) is 13.1 Å². The molecule has 0 N–H and O–H groups in total. The summed E-state index contributed by atoms with van der Waals surface area (Å²) >= 11 is 0. The van der Waals surface area contributed by atoms with Crippen LogP contribution < -0.4 is 0 Å². The highest BCUT2D eigenvalue weighted by Crippen LogP contribution is 2.32. The first-order chi connectivity index (χ1) is 8.04. The fourth-order valence-corrected chi connectivity index (χ4v) is 2.30. The molecule has 0 saturated carbocycles. The van der Waals surface area contributed by atoms with Gasteiger partial charge in [-0.1, -0.05) is 30.2 Å². The Balaban J connectivity index is 2.53. The molecule has 0 bridgehead atoms. The minimum absolute atomic E-state index is 0.0506. The van der Waals surface area contributed by atoms with E-state index < -0.39 is 0 Å². The van der Waals surface area contributed by atoms with Gasteiger partial charge in [0, 0.05) is 0 Å². The molecule has 17 heavy (non-hydrogen) atoms. The zero-order valence-electron chi connectivity index (χ0n) is 11.5. The predicted octanol–water partition coefficient (Wildman–Crippen LogP) is 3.88. The summed E-state index contributed by atoms with van der Waals surface area (Å²) in [4.78, 5) is 11.6. The Morgan fingerprint density at radius 2 is 2.24 bits per heavy atom. The number of ether oxygens (including phenoxy) is 1. The second-order valence-electron chi connectivity index (χ2n) is 5.23. The molecular formula is C15H24O2. The SMILES string of the molecule is COC(=O)C1CC(CCC=C(C)C)=CCC1C. The summed E-state index contributed by atoms with van der Waals surface area (Å²) in [6.45, 7) is 6.37. The lowest BCUT2D eigenvalue weighted by atomic mass is 9.79. The number of esters is 1. The lowest BCUT2D eigenvalue weighted by molar-refractivity contribution is -0.147. The van der Waals surface area contributed by atoms with Gasteiger partial charge < -0.3 is 4.74 Å². The third-order valence-corrected chi connectivity index (χ3v) is 3.47. The topological polar surface area (TPSA) is 26.3 Å². The average molecular weight is 236 g/mol. The molecule has 0 radical (unpaired) electrons. The van der Waals surface area contributed by atoms with Crippen molar-refractivity contribution in [3.8, 4) is 0 Å². The first-order valence-corrected chi connectivity index (χ1v) is 6.43. The fraction of sp³-hybridized carbons (Fsp3) is 0.667. The Bertz CT molecular complexity index is 322. The molecule has 0 amide bonds. The molecule has 0 aromatic rings. The molecule has 2 heteroatoms. The summed E-state index contributed by atoms with van der Waals surface area (Å²) < 4.78 is 4.87. The first-order valence-electron chi connectivity index (χ1n) is 6.43. The molecule has 2 unspecified atom stereocenters. The standard InChI is InChI=1S/C15H24O2/c1-11(2)6-5-7-13-9-8-12(3)14(10-13)15(16)17-4/h6,9,12,14H,5,7-8,10H2,1-4H3. The van der Waals surface area contributed by atoms with Crippen molar-refractivity contribution >= 4 is 5.97 Å². The van der Waals surface area contributed by atoms with Crippen molar-refractivity contribution in [2.75, 3.05) is 7.11 Å². The third-order valence-electron chi connectivity index (χ3n) is 3.47. The van der Waals surface area contributed by atoms with Gasteiger partial charge >= 0.3 is 5.97 Å². The lowest BCUT2D eigenvalue weighted by Crippen LogP contribution is -2.26. The van der Waals surface area contributed by atoms with E-state index in [0.717, 1.165) is 25.7 Å². The number of carbonyl (C=O) groups is 1. The van der Waals surface area contributed by atoms with Crippen molar-refractivity contribution in [3.05, 3.63) is 23.3 Å². The normalized spacial score (nSPS) is 23.9. The van der Waals surface area contributed by atoms with Crippen LogP contribution in [0.5, 0.6) is 0 Å². The molecular weight excluding hydrogens is 212 g/mol. The molecule has 2 atom stereocenters. The largest absolute Gasteiger partial charge is 0.469 e. The second-order valence-corrected chi connectivity index (χ2v) is 5.23. The van der Waals surface area contributed by atoms with Crippen LogP contribution in [0.2, 0.25) is 0 Å². The van der Waals surface area contributed by atoms with Crippen LogP contribution in [0, 0.1) is 11.8 Å². The van der Waals surface area contributed by atoms with Crippen LogP contribution in [0.25, 0.3) is 0 Å². The molecule has 1 rings (SSSR count). The maximum absolute atomic E-state index is 11.6. The minimum atomic E-state index is -0.0506. The van der Waals surface area contributed by atoms with E-state index in [1.807, 2.05) is 0 Å². The summed E-state index contributed by atoms with van der Waals surface area (Å²) in [6.07, 6.45) is 8.60. The van der Waals surface area contributed by atoms with Gasteiger partial charge in [0.2, 0.25) is 0 Å². The molecule has 0 fully saturated rings. The maximum Gasteiger partial charge on any atom is 0.309 e. The van der Waals surface area contributed by atoms with Crippen LogP contribution in [0.4, 0.5) is 0 Å². The third kappa shape index (κ3) is 4.37. The van der Waals surface area contributed by atoms with Gasteiger partial charge in [-0.05, 0) is 45.4 Å². The van der Waals surface area contributed by atoms with Gasteiger partial charge in [-0.3, -0.25) is 4.79 Å². The molecule has 0 spiro atoms. The smallest absolute Gasteiger partial charge is 0.309 e. The van der Waals surface area contributed by atoms with Gasteiger partial charge in [0.15, 0.2) is 0 Å². The van der Waals surface area contributed by atoms with Crippen LogP contribution >= 0.6 is 0 Å². The van der Waals surface area contributed by atoms with Crippen LogP contribution in [0.3, 0.4) is 0 Å². The van der Waals surface area contributed by atoms with Crippen LogP contribution in [0.1, 0.15) is 46.5 Å². The predicted molar refractivity (Wildman–Crippen MR) is 70.7 cm³/mol. The van der Waals surface area contributed by atoms with E-state index in [-0.39, 0.29) is 11.9 Å². The monoisotopic (exact) mass is 236 g/mol. The maximum atomic E-state index is 11.6. The highest BCUT2D eigenvalue weighted by Gasteiger charge is 2.28. The Hall–Kier alpha value is -1.05. The van der Waals surface area contributed by atoms with E-state index in [1.165, 1.54) is 18.3 Å². The lowest BCUT2D eigenvalue weighted by Gasteiger charge is -2.26. The number of methoxy groups -OCH3 is 1. The first kappa shape index (κ1) is 14.0. The Morgan fingerprint density at radius 1 is 1.53 bits per heavy atom. The second kappa shape index (κ2) is 6.63. The van der Waals surface area contributed by atoms with Crippen molar-refractivity contribution in [2.45, 2.75) is 46.5 Å². The zero-order valence-corrected chi connectivity index (χ0v) is 11.5. The molecule has 1 aliphatic rings. The molecule has 0 aliphatic heterocycles. The molecule has 0 aromatic heterocycles. The molecule has 1 aliphatic carbocycles. The minimum Gasteiger partial charge on any atom is -0.469 e. The summed E-state index contributed by atoms with van der Waals surface area (Å²) in [5.74, 6) is 0.423. The van der Waals surface area contributed by atoms with Gasteiger partial charge in [-0.25, -0.2) is 0 Å². The van der Waals surface area contributed by atoms with Crippen LogP contribution in [-0.2, 0) is 9.53 Å². The van der Waals surface area contributed by atoms with Crippen molar-refractivity contribution in [1.29, 1.82) is 0 Å². The zero-order chi connectivity index (χ0) is 12.8. The van der Waals surface area contributed by atoms with Crippen molar-refractivity contribution in [2.24, 2.45) is 11.8 Å². The summed E-state index contributed by atoms with van der Waals surface area (Å²) in [6, 6.07) is 0. The van der Waals surface area contributed by atoms with Gasteiger partial charge in [-0.15, -0.1) is 0 Å². The van der Waals surface area contributed by atoms with Gasteiger partial charge in [-0.2, -0.15) is 0 Å². The number of hydrogen-bond donors (Lipinski definition) is 0. The molecule has 96 valence electrons. The number of hydrogen-bond acceptors (Lipinski definition) is 2. The van der Waals surface area contributed by atoms with E-state index in [0.29, 0.717) is 5.92 Å². The van der Waals surface area contributed by atoms with E-state index in [9.17, 15) is 4.79 Å². The highest BCUT2D eigenvalue weighted by molar-refractivity contribution is 5.73. The number of carbonyl (C=O) groups excluding carboxylic acids is 1. The van der Waals surface area contributed by atoms with Crippen molar-refractivity contribution in [1.82, 2.24) is 0 Å². The summed E-state index contributed by atoms with van der Waals surface area (Å²) in [5.41, 5.74) is 2.77. The molecule has 0 heterocycles. The van der Waals surface area contributed by atoms with Crippen molar-refractivity contribution in [3.63, 3.8) is 0 Å². The van der Waals surface area contributed by atoms with Gasteiger partial charge in [0.25, 0.3) is 0 Å². The highest BCUT2D eigenvalue weighted by atomic mass is 16.5.